The molecule has 0 bridgehead atoms. The first kappa shape index (κ1) is 32.2. The van der Waals surface area contributed by atoms with E-state index in [1.807, 2.05) is 36.4 Å². The Kier molecular flexibility index (Phi) is 15.4. The number of aliphatic hydroxyl groups is 3. The molecule has 0 amide bonds. The molecular weight excluding hydrogens is 452 g/mol. The lowest BCUT2D eigenvalue weighted by Gasteiger charge is -2.28. The number of nitrogens with zero attached hydrogens (tertiary/aromatic N) is 2. The average Bonchev–Trinajstić information content (AvgIpc) is 2.75. The second-order valence-electron chi connectivity index (χ2n) is 9.46. The molecule has 1 unspecified atom stereocenters. The first-order chi connectivity index (χ1) is 16.3. The van der Waals surface area contributed by atoms with Crippen molar-refractivity contribution in [3.05, 3.63) is 71.8 Å². The van der Waals surface area contributed by atoms with E-state index in [0.717, 1.165) is 35.1 Å². The first-order valence-corrected chi connectivity index (χ1v) is 11.3. The van der Waals surface area contributed by atoms with Crippen molar-refractivity contribution in [2.75, 3.05) is 54.5 Å². The number of likely N-dealkylation sites (N-methyl/N-ethyl adjacent to an activating group) is 2. The van der Waals surface area contributed by atoms with Gasteiger partial charge in [-0.3, -0.25) is 0 Å². The van der Waals surface area contributed by atoms with Crippen molar-refractivity contribution in [2.45, 2.75) is 25.6 Å². The van der Waals surface area contributed by atoms with Gasteiger partial charge < -0.3 is 44.1 Å². The van der Waals surface area contributed by atoms with Gasteiger partial charge in [0.05, 0.1) is 53.5 Å². The number of aliphatic carboxylic acids is 2. The van der Waals surface area contributed by atoms with Gasteiger partial charge in [-0.25, -0.2) is 0 Å². The molecule has 9 heteroatoms. The van der Waals surface area contributed by atoms with Gasteiger partial charge in [0, 0.05) is 23.5 Å². The Balaban J connectivity index is 0.000000506. The molecule has 0 aliphatic heterocycles. The van der Waals surface area contributed by atoms with Gasteiger partial charge in [-0.1, -0.05) is 60.7 Å². The van der Waals surface area contributed by atoms with Crippen LogP contribution in [0.3, 0.4) is 0 Å². The van der Waals surface area contributed by atoms with E-state index in [-0.39, 0.29) is 13.2 Å². The fraction of sp³-hybridized carbons (Fsp3) is 0.462. The molecule has 2 rings (SSSR count). The maximum Gasteiger partial charge on any atom is 0.104 e. The fourth-order valence-corrected chi connectivity index (χ4v) is 3.10. The molecule has 1 atom stereocenters. The second kappa shape index (κ2) is 16.7. The molecule has 0 aliphatic rings. The van der Waals surface area contributed by atoms with Crippen molar-refractivity contribution < 1.29 is 44.1 Å². The highest BCUT2D eigenvalue weighted by atomic mass is 16.4. The quantitative estimate of drug-likeness (QED) is 0.333. The Morgan fingerprint density at radius 1 is 0.743 bits per heavy atom. The zero-order valence-electron chi connectivity index (χ0n) is 21.2. The largest absolute Gasteiger partial charge is 0.550 e. The molecule has 196 valence electrons. The summed E-state index contributed by atoms with van der Waals surface area (Å²) >= 11 is 0. The summed E-state index contributed by atoms with van der Waals surface area (Å²) in [5, 5.41) is 45.1. The fourth-order valence-electron chi connectivity index (χ4n) is 3.10. The average molecular weight is 493 g/mol. The maximum atomic E-state index is 9.58. The highest BCUT2D eigenvalue weighted by Gasteiger charge is 2.14. The Hall–Kier alpha value is -2.82. The molecule has 0 saturated carbocycles. The Bertz CT molecular complexity index is 788. The second-order valence-corrected chi connectivity index (χ2v) is 9.46. The van der Waals surface area contributed by atoms with E-state index in [2.05, 4.69) is 52.5 Å². The lowest BCUT2D eigenvalue weighted by molar-refractivity contribution is -0.903. The van der Waals surface area contributed by atoms with E-state index in [4.69, 9.17) is 15.3 Å². The van der Waals surface area contributed by atoms with Gasteiger partial charge in [-0.15, -0.1) is 0 Å². The highest BCUT2D eigenvalue weighted by molar-refractivity contribution is 5.77. The molecule has 0 fully saturated rings. The summed E-state index contributed by atoms with van der Waals surface area (Å²) < 4.78 is 1.67. The van der Waals surface area contributed by atoms with E-state index >= 15 is 0 Å². The van der Waals surface area contributed by atoms with Crippen molar-refractivity contribution in [3.8, 4) is 0 Å². The van der Waals surface area contributed by atoms with Crippen LogP contribution in [0.25, 0.3) is 0 Å². The van der Waals surface area contributed by atoms with Crippen molar-refractivity contribution in [3.63, 3.8) is 0 Å². The van der Waals surface area contributed by atoms with Crippen molar-refractivity contribution in [1.82, 2.24) is 0 Å². The van der Waals surface area contributed by atoms with Gasteiger partial charge in [-0.2, -0.15) is 0 Å². The number of carbonyl (C=O) groups is 2. The number of carbonyl (C=O) groups excluding carboxylic acids is 2. The van der Waals surface area contributed by atoms with E-state index in [1.54, 1.807) is 0 Å². The molecule has 2 aromatic carbocycles. The monoisotopic (exact) mass is 492 g/mol. The number of carboxylic acids is 2. The van der Waals surface area contributed by atoms with Crippen LogP contribution in [0.1, 0.15) is 17.5 Å². The molecule has 2 aromatic rings. The number of aliphatic hydroxyl groups excluding tert-OH is 3. The van der Waals surface area contributed by atoms with Crippen LogP contribution < -0.4 is 10.2 Å². The van der Waals surface area contributed by atoms with E-state index < -0.39 is 24.5 Å². The van der Waals surface area contributed by atoms with Crippen LogP contribution in [0.4, 0.5) is 0 Å². The molecule has 0 spiro atoms. The van der Waals surface area contributed by atoms with Gasteiger partial charge in [0.15, 0.2) is 0 Å². The lowest BCUT2D eigenvalue weighted by atomic mass is 10.2. The minimum Gasteiger partial charge on any atom is -0.550 e. The number of benzene rings is 2. The van der Waals surface area contributed by atoms with Gasteiger partial charge >= 0.3 is 0 Å². The maximum absolute atomic E-state index is 9.58. The predicted molar refractivity (Wildman–Crippen MR) is 129 cm³/mol. The molecule has 0 aromatic heterocycles. The normalized spacial score (nSPS) is 11.9. The van der Waals surface area contributed by atoms with Crippen LogP contribution in [-0.4, -0.2) is 96.8 Å². The van der Waals surface area contributed by atoms with Gasteiger partial charge in [0.2, 0.25) is 0 Å². The van der Waals surface area contributed by atoms with Crippen LogP contribution in [-0.2, 0) is 22.7 Å². The van der Waals surface area contributed by atoms with Gasteiger partial charge in [0.25, 0.3) is 0 Å². The third-order valence-electron chi connectivity index (χ3n) is 4.95. The lowest BCUT2D eigenvalue weighted by Crippen LogP contribution is -2.41. The standard InChI is InChI=1S/2C11H18NO.C4H6O5/c2*1-12(2,8-9-13)10-11-6-4-3-5-7-11;5-2(4(8)9)1-3(6)7/h2*3-7,13H,8-10H2,1-2H3;2,5H,1H2,(H,6,7)(H,8,9)/q2*+1;/p-2. The zero-order chi connectivity index (χ0) is 26.9. The van der Waals surface area contributed by atoms with Crippen LogP contribution in [0, 0.1) is 0 Å². The minimum atomic E-state index is -1.96. The van der Waals surface area contributed by atoms with E-state index in [9.17, 15) is 19.8 Å². The SMILES string of the molecule is C[N+](C)(CCO)Cc1ccccc1.C[N+](C)(CCO)Cc1ccccc1.O=C([O-])CC(O)C(=O)[O-]. The number of carboxylic acid groups (broad SMARTS) is 2. The summed E-state index contributed by atoms with van der Waals surface area (Å²) in [6, 6.07) is 20.7. The molecule has 0 saturated heterocycles. The first-order valence-electron chi connectivity index (χ1n) is 11.3. The zero-order valence-corrected chi connectivity index (χ0v) is 21.2. The summed E-state index contributed by atoms with van der Waals surface area (Å²) in [6.07, 6.45) is -2.89. The van der Waals surface area contributed by atoms with Crippen molar-refractivity contribution in [1.29, 1.82) is 0 Å². The molecule has 3 N–H and O–H groups in total. The Labute approximate surface area is 208 Å². The summed E-state index contributed by atoms with van der Waals surface area (Å²) in [4.78, 5) is 19.1. The van der Waals surface area contributed by atoms with Crippen molar-refractivity contribution in [2.24, 2.45) is 0 Å². The van der Waals surface area contributed by atoms with Gasteiger partial charge in [0.1, 0.15) is 26.2 Å². The van der Waals surface area contributed by atoms with E-state index in [1.165, 1.54) is 11.1 Å². The number of hydrogen-bond donors (Lipinski definition) is 3. The highest BCUT2D eigenvalue weighted by Crippen LogP contribution is 2.08. The van der Waals surface area contributed by atoms with Crippen LogP contribution in [0.15, 0.2) is 60.7 Å². The minimum absolute atomic E-state index is 0.250. The van der Waals surface area contributed by atoms with Crippen LogP contribution in [0.5, 0.6) is 0 Å². The third-order valence-corrected chi connectivity index (χ3v) is 4.95. The van der Waals surface area contributed by atoms with E-state index in [0.29, 0.717) is 0 Å². The molecule has 0 aliphatic carbocycles. The number of hydrogen-bond acceptors (Lipinski definition) is 7. The predicted octanol–water partition coefficient (Wildman–Crippen LogP) is -1.25. The Morgan fingerprint density at radius 3 is 1.31 bits per heavy atom. The number of rotatable bonds is 11. The van der Waals surface area contributed by atoms with Crippen molar-refractivity contribution >= 4 is 11.9 Å². The van der Waals surface area contributed by atoms with Crippen LogP contribution >= 0.6 is 0 Å². The summed E-state index contributed by atoms with van der Waals surface area (Å²) in [5.74, 6) is -3.43. The number of quaternary nitrogens is 2. The smallest absolute Gasteiger partial charge is 0.104 e. The molecule has 9 nitrogen and oxygen atoms in total. The summed E-state index contributed by atoms with van der Waals surface area (Å²) in [6.45, 7) is 4.05. The molecular formula is C26H40N2O7. The summed E-state index contributed by atoms with van der Waals surface area (Å²) in [5.41, 5.74) is 2.64. The van der Waals surface area contributed by atoms with Crippen LogP contribution in [0.2, 0.25) is 0 Å². The Morgan fingerprint density at radius 2 is 1.09 bits per heavy atom. The third kappa shape index (κ3) is 17.3. The molecule has 0 heterocycles. The molecule has 35 heavy (non-hydrogen) atoms. The molecule has 0 radical (unpaired) electrons. The van der Waals surface area contributed by atoms with Gasteiger partial charge in [-0.05, 0) is 0 Å². The topological polar surface area (TPSA) is 141 Å². The summed E-state index contributed by atoms with van der Waals surface area (Å²) in [7, 11) is 8.51.